The fraction of sp³-hybridized carbons (Fsp3) is 0.250. The lowest BCUT2D eigenvalue weighted by Gasteiger charge is -2.47. The molecular weight excluding hydrogens is 423 g/mol. The molecule has 0 radical (unpaired) electrons. The summed E-state index contributed by atoms with van der Waals surface area (Å²) in [5.41, 5.74) is 1.36. The van der Waals surface area contributed by atoms with Gasteiger partial charge in [0.05, 0.1) is 16.0 Å². The minimum atomic E-state index is -4.37. The number of thiophene rings is 1. The molecule has 0 amide bonds. The summed E-state index contributed by atoms with van der Waals surface area (Å²) >= 11 is 1.22. The van der Waals surface area contributed by atoms with Crippen LogP contribution in [0.5, 0.6) is 0 Å². The van der Waals surface area contributed by atoms with Crippen LogP contribution in [0.2, 0.25) is 0 Å². The standard InChI is InChI=1S/C24H26F3NS2/c1-28(16-12-14-17(15-13-16)30(2,3,4)5)21-11-7-9-19-18-8-6-10-20(24(25,26)27)22(18)29-23(19)21/h6-15,30H,1-5H3. The van der Waals surface area contributed by atoms with Gasteiger partial charge in [0.15, 0.2) is 0 Å². The van der Waals surface area contributed by atoms with Crippen molar-refractivity contribution < 1.29 is 13.2 Å². The van der Waals surface area contributed by atoms with Crippen molar-refractivity contribution in [3.8, 4) is 0 Å². The van der Waals surface area contributed by atoms with Crippen molar-refractivity contribution in [1.82, 2.24) is 0 Å². The number of halogens is 3. The molecule has 0 saturated carbocycles. The van der Waals surface area contributed by atoms with E-state index >= 15 is 0 Å². The number of benzene rings is 3. The maximum atomic E-state index is 13.5. The van der Waals surface area contributed by atoms with Crippen molar-refractivity contribution in [2.75, 3.05) is 37.0 Å². The number of anilines is 2. The molecule has 0 fully saturated rings. The quantitative estimate of drug-likeness (QED) is 0.312. The van der Waals surface area contributed by atoms with Gasteiger partial charge in [-0.25, -0.2) is 0 Å². The number of thiol groups is 1. The summed E-state index contributed by atoms with van der Waals surface area (Å²) in [6.45, 7) is 0. The largest absolute Gasteiger partial charge is 0.417 e. The van der Waals surface area contributed by atoms with Gasteiger partial charge in [0.2, 0.25) is 0 Å². The number of rotatable bonds is 3. The predicted molar refractivity (Wildman–Crippen MR) is 130 cm³/mol. The Hall–Kier alpha value is -2.18. The van der Waals surface area contributed by atoms with E-state index in [0.717, 1.165) is 27.5 Å². The lowest BCUT2D eigenvalue weighted by Crippen LogP contribution is -2.12. The predicted octanol–water partition coefficient (Wildman–Crippen LogP) is 7.79. The molecule has 0 atom stereocenters. The van der Waals surface area contributed by atoms with Crippen LogP contribution in [0, 0.1) is 0 Å². The Morgan fingerprint density at radius 3 is 1.90 bits per heavy atom. The zero-order valence-electron chi connectivity index (χ0n) is 17.7. The minimum Gasteiger partial charge on any atom is -0.343 e. The van der Waals surface area contributed by atoms with Gasteiger partial charge >= 0.3 is 6.18 Å². The van der Waals surface area contributed by atoms with E-state index in [0.29, 0.717) is 10.1 Å². The molecule has 0 spiro atoms. The van der Waals surface area contributed by atoms with Gasteiger partial charge < -0.3 is 4.90 Å². The van der Waals surface area contributed by atoms with E-state index in [1.807, 2.05) is 25.2 Å². The average molecular weight is 450 g/mol. The second kappa shape index (κ2) is 6.66. The summed E-state index contributed by atoms with van der Waals surface area (Å²) in [5, 5.41) is 1.51. The third kappa shape index (κ3) is 3.67. The van der Waals surface area contributed by atoms with Gasteiger partial charge in [-0.3, -0.25) is 9.16 Å². The molecular formula is C24H26F3NS2. The van der Waals surface area contributed by atoms with Crippen LogP contribution >= 0.6 is 20.5 Å². The van der Waals surface area contributed by atoms with Crippen LogP contribution in [0.1, 0.15) is 5.56 Å². The molecule has 4 rings (SSSR count). The van der Waals surface area contributed by atoms with Gasteiger partial charge in [-0.2, -0.15) is 13.2 Å². The third-order valence-electron chi connectivity index (χ3n) is 5.44. The SMILES string of the molecule is CN(c1ccc([SH](C)(C)(C)C)cc1)c1cccc2c1sc1c(C(F)(F)F)cccc12. The third-order valence-corrected chi connectivity index (χ3v) is 9.08. The van der Waals surface area contributed by atoms with Crippen LogP contribution in [0.25, 0.3) is 20.2 Å². The average Bonchev–Trinajstić information content (AvgIpc) is 3.04. The normalized spacial score (nSPS) is 14.1. The van der Waals surface area contributed by atoms with Crippen molar-refractivity contribution in [3.63, 3.8) is 0 Å². The first-order chi connectivity index (χ1) is 13.8. The molecule has 0 aliphatic heterocycles. The fourth-order valence-electron chi connectivity index (χ4n) is 3.70. The summed E-state index contributed by atoms with van der Waals surface area (Å²) in [6, 6.07) is 18.8. The van der Waals surface area contributed by atoms with Gasteiger partial charge in [-0.05, 0) is 66.3 Å². The lowest BCUT2D eigenvalue weighted by molar-refractivity contribution is -0.136. The summed E-state index contributed by atoms with van der Waals surface area (Å²) in [5.74, 6) is 0. The Labute approximate surface area is 179 Å². The second-order valence-corrected chi connectivity index (χ2v) is 18.3. The smallest absolute Gasteiger partial charge is 0.343 e. The molecule has 6 heteroatoms. The maximum Gasteiger partial charge on any atom is 0.417 e. The van der Waals surface area contributed by atoms with Crippen LogP contribution in [-0.2, 0) is 6.18 Å². The fourth-order valence-corrected chi connectivity index (χ4v) is 6.43. The number of hydrogen-bond donors (Lipinski definition) is 1. The van der Waals surface area contributed by atoms with Crippen molar-refractivity contribution in [2.45, 2.75) is 11.1 Å². The Bertz CT molecular complexity index is 1240. The van der Waals surface area contributed by atoms with E-state index in [9.17, 15) is 13.2 Å². The first kappa shape index (κ1) is 21.1. The highest BCUT2D eigenvalue weighted by molar-refractivity contribution is 8.47. The van der Waals surface area contributed by atoms with Gasteiger partial charge in [-0.1, -0.05) is 24.3 Å². The summed E-state index contributed by atoms with van der Waals surface area (Å²) in [6.07, 6.45) is 4.91. The molecule has 0 unspecified atom stereocenters. The van der Waals surface area contributed by atoms with Crippen molar-refractivity contribution in [2.24, 2.45) is 0 Å². The first-order valence-electron chi connectivity index (χ1n) is 9.69. The molecule has 160 valence electrons. The van der Waals surface area contributed by atoms with Crippen LogP contribution in [0.4, 0.5) is 24.5 Å². The number of fused-ring (bicyclic) bond motifs is 3. The summed E-state index contributed by atoms with van der Waals surface area (Å²) in [4.78, 5) is 3.41. The molecule has 1 nitrogen and oxygen atoms in total. The van der Waals surface area contributed by atoms with Gasteiger partial charge in [0.25, 0.3) is 0 Å². The van der Waals surface area contributed by atoms with Gasteiger partial charge in [0.1, 0.15) is 0 Å². The van der Waals surface area contributed by atoms with Crippen LogP contribution in [0.15, 0.2) is 65.6 Å². The minimum absolute atomic E-state index is 0.294. The molecule has 4 aromatic rings. The molecule has 0 aliphatic carbocycles. The molecule has 30 heavy (non-hydrogen) atoms. The van der Waals surface area contributed by atoms with E-state index in [4.69, 9.17) is 0 Å². The number of nitrogens with zero attached hydrogens (tertiary/aromatic N) is 1. The maximum absolute atomic E-state index is 13.5. The molecule has 0 N–H and O–H groups in total. The Balaban J connectivity index is 1.85. The summed E-state index contributed by atoms with van der Waals surface area (Å²) < 4.78 is 41.8. The van der Waals surface area contributed by atoms with Crippen LogP contribution in [-0.4, -0.2) is 32.1 Å². The number of hydrogen-bond acceptors (Lipinski definition) is 2. The Morgan fingerprint density at radius 1 is 0.767 bits per heavy atom. The highest BCUT2D eigenvalue weighted by Gasteiger charge is 2.33. The van der Waals surface area contributed by atoms with E-state index in [2.05, 4.69) is 54.2 Å². The van der Waals surface area contributed by atoms with E-state index in [-0.39, 0.29) is 0 Å². The zero-order valence-corrected chi connectivity index (χ0v) is 19.4. The molecule has 1 aromatic heterocycles. The molecule has 3 aromatic carbocycles. The molecule has 0 bridgehead atoms. The Morgan fingerprint density at radius 2 is 1.33 bits per heavy atom. The van der Waals surface area contributed by atoms with Crippen molar-refractivity contribution in [3.05, 3.63) is 66.2 Å². The monoisotopic (exact) mass is 449 g/mol. The van der Waals surface area contributed by atoms with E-state index in [1.54, 1.807) is 6.07 Å². The Kier molecular flexibility index (Phi) is 4.68. The highest BCUT2D eigenvalue weighted by Crippen LogP contribution is 2.63. The zero-order chi connectivity index (χ0) is 21.9. The van der Waals surface area contributed by atoms with E-state index in [1.165, 1.54) is 22.3 Å². The van der Waals surface area contributed by atoms with Crippen molar-refractivity contribution in [1.29, 1.82) is 0 Å². The van der Waals surface area contributed by atoms with E-state index < -0.39 is 20.9 Å². The van der Waals surface area contributed by atoms with Crippen LogP contribution in [0.3, 0.4) is 0 Å². The lowest BCUT2D eigenvalue weighted by atomic mass is 10.1. The van der Waals surface area contributed by atoms with Gasteiger partial charge in [-0.15, -0.1) is 11.3 Å². The number of alkyl halides is 3. The topological polar surface area (TPSA) is 3.24 Å². The summed E-state index contributed by atoms with van der Waals surface area (Å²) in [7, 11) is 0.114. The first-order valence-corrected chi connectivity index (χ1v) is 14.5. The van der Waals surface area contributed by atoms with Gasteiger partial charge in [0, 0.05) is 28.2 Å². The molecule has 1 heterocycles. The van der Waals surface area contributed by atoms with Crippen molar-refractivity contribution >= 4 is 52.0 Å². The molecule has 0 saturated heterocycles. The highest BCUT2D eigenvalue weighted by atomic mass is 32.3. The second-order valence-electron chi connectivity index (χ2n) is 9.59. The molecule has 0 aliphatic rings. The van der Waals surface area contributed by atoms with Crippen LogP contribution < -0.4 is 4.90 Å².